The summed E-state index contributed by atoms with van der Waals surface area (Å²) in [5.74, 6) is 0.455. The fraction of sp³-hybridized carbons (Fsp3) is 0.455. The van der Waals surface area contributed by atoms with E-state index in [1.807, 2.05) is 6.92 Å². The van der Waals surface area contributed by atoms with E-state index < -0.39 is 16.1 Å². The summed E-state index contributed by atoms with van der Waals surface area (Å²) in [6.07, 6.45) is 0. The number of hydrogen-bond donors (Lipinski definition) is 1. The van der Waals surface area contributed by atoms with Crippen molar-refractivity contribution in [3.05, 3.63) is 21.2 Å². The van der Waals surface area contributed by atoms with Crippen LogP contribution in [0.3, 0.4) is 0 Å². The summed E-state index contributed by atoms with van der Waals surface area (Å²) in [7, 11) is -2.28. The average molecular weight is 385 g/mol. The van der Waals surface area contributed by atoms with Crippen molar-refractivity contribution in [2.45, 2.75) is 30.6 Å². The SMILES string of the molecule is CCn1c(OC)nnc1[C@@H](C)NS(=O)(=O)c1cc(Cl)c(Cl)s1. The van der Waals surface area contributed by atoms with Gasteiger partial charge < -0.3 is 4.74 Å². The molecule has 2 heterocycles. The van der Waals surface area contributed by atoms with Crippen molar-refractivity contribution >= 4 is 44.6 Å². The molecule has 0 saturated heterocycles. The minimum atomic E-state index is -3.75. The van der Waals surface area contributed by atoms with Gasteiger partial charge in [0.2, 0.25) is 0 Å². The van der Waals surface area contributed by atoms with Gasteiger partial charge in [-0.15, -0.1) is 16.4 Å². The summed E-state index contributed by atoms with van der Waals surface area (Å²) < 4.78 is 34.3. The van der Waals surface area contributed by atoms with Gasteiger partial charge >= 0.3 is 6.01 Å². The Morgan fingerprint density at radius 3 is 2.64 bits per heavy atom. The molecule has 0 fully saturated rings. The van der Waals surface area contributed by atoms with Gasteiger partial charge in [0.05, 0.1) is 18.2 Å². The van der Waals surface area contributed by atoms with Gasteiger partial charge in [0, 0.05) is 6.54 Å². The Morgan fingerprint density at radius 1 is 1.45 bits per heavy atom. The van der Waals surface area contributed by atoms with Crippen LogP contribution in [0.25, 0.3) is 0 Å². The number of halogens is 2. The Balaban J connectivity index is 2.28. The third-order valence-corrected chi connectivity index (χ3v) is 6.73. The van der Waals surface area contributed by atoms with Crippen molar-refractivity contribution in [2.75, 3.05) is 7.11 Å². The average Bonchev–Trinajstić information content (AvgIpc) is 3.02. The van der Waals surface area contributed by atoms with Crippen molar-refractivity contribution in [3.8, 4) is 6.01 Å². The zero-order valence-electron chi connectivity index (χ0n) is 12.0. The molecule has 0 saturated carbocycles. The molecule has 2 aromatic rings. The molecule has 1 N–H and O–H groups in total. The third kappa shape index (κ3) is 3.38. The molecule has 0 radical (unpaired) electrons. The van der Waals surface area contributed by atoms with Gasteiger partial charge in [-0.05, 0) is 19.9 Å². The van der Waals surface area contributed by atoms with Crippen LogP contribution in [0.1, 0.15) is 25.7 Å². The maximum atomic E-state index is 12.4. The molecule has 0 spiro atoms. The first kappa shape index (κ1) is 17.5. The molecule has 0 bridgehead atoms. The van der Waals surface area contributed by atoms with E-state index in [4.69, 9.17) is 27.9 Å². The van der Waals surface area contributed by atoms with Crippen LogP contribution in [0, 0.1) is 0 Å². The molecule has 0 amide bonds. The van der Waals surface area contributed by atoms with Crippen LogP contribution in [0.4, 0.5) is 0 Å². The Hall–Kier alpha value is -0.870. The number of ether oxygens (including phenoxy) is 1. The van der Waals surface area contributed by atoms with Crippen LogP contribution in [0.5, 0.6) is 6.01 Å². The predicted octanol–water partition coefficient (Wildman–Crippen LogP) is 2.71. The molecule has 2 aromatic heterocycles. The number of methoxy groups -OCH3 is 1. The molecule has 0 aliphatic heterocycles. The molecule has 0 aliphatic carbocycles. The van der Waals surface area contributed by atoms with Crippen molar-refractivity contribution in [3.63, 3.8) is 0 Å². The smallest absolute Gasteiger partial charge is 0.316 e. The van der Waals surface area contributed by atoms with Gasteiger partial charge in [-0.1, -0.05) is 28.3 Å². The van der Waals surface area contributed by atoms with Gasteiger partial charge in [-0.3, -0.25) is 4.57 Å². The number of rotatable bonds is 6. The summed E-state index contributed by atoms with van der Waals surface area (Å²) in [4.78, 5) is 0. The summed E-state index contributed by atoms with van der Waals surface area (Å²) in [5, 5.41) is 8.04. The summed E-state index contributed by atoms with van der Waals surface area (Å²) >= 11 is 12.5. The highest BCUT2D eigenvalue weighted by Crippen LogP contribution is 2.34. The van der Waals surface area contributed by atoms with Gasteiger partial charge in [-0.25, -0.2) is 8.42 Å². The first-order chi connectivity index (χ1) is 10.3. The minimum absolute atomic E-state index is 0.0453. The van der Waals surface area contributed by atoms with Gasteiger partial charge in [0.1, 0.15) is 8.55 Å². The molecular weight excluding hydrogens is 371 g/mol. The van der Waals surface area contributed by atoms with E-state index in [0.717, 1.165) is 11.3 Å². The molecule has 11 heteroatoms. The Labute approximate surface area is 142 Å². The second kappa shape index (κ2) is 6.71. The fourth-order valence-corrected chi connectivity index (χ4v) is 4.97. The summed E-state index contributed by atoms with van der Waals surface area (Å²) in [6.45, 7) is 4.10. The Bertz CT molecular complexity index is 753. The van der Waals surface area contributed by atoms with E-state index in [9.17, 15) is 8.42 Å². The number of nitrogens with zero attached hydrogens (tertiary/aromatic N) is 3. The number of thiophene rings is 1. The van der Waals surface area contributed by atoms with Crippen LogP contribution >= 0.6 is 34.5 Å². The zero-order chi connectivity index (χ0) is 16.5. The molecule has 2 rings (SSSR count). The van der Waals surface area contributed by atoms with Crippen molar-refractivity contribution in [2.24, 2.45) is 0 Å². The first-order valence-corrected chi connectivity index (χ1v) is 9.30. The minimum Gasteiger partial charge on any atom is -0.467 e. The highest BCUT2D eigenvalue weighted by molar-refractivity contribution is 7.91. The quantitative estimate of drug-likeness (QED) is 0.826. The van der Waals surface area contributed by atoms with Gasteiger partial charge in [0.15, 0.2) is 5.82 Å². The molecule has 122 valence electrons. The lowest BCUT2D eigenvalue weighted by atomic mass is 10.3. The number of aromatic nitrogens is 3. The van der Waals surface area contributed by atoms with Crippen molar-refractivity contribution in [1.29, 1.82) is 0 Å². The van der Waals surface area contributed by atoms with Crippen LogP contribution < -0.4 is 9.46 Å². The standard InChI is InChI=1S/C11H14Cl2N4O3S2/c1-4-17-10(14-15-11(17)20-3)6(2)16-22(18,19)8-5-7(12)9(13)21-8/h5-6,16H,4H2,1-3H3/t6-/m1/s1. The number of sulfonamides is 1. The summed E-state index contributed by atoms with van der Waals surface area (Å²) in [5.41, 5.74) is 0. The van der Waals surface area contributed by atoms with E-state index in [1.165, 1.54) is 13.2 Å². The fourth-order valence-electron chi connectivity index (χ4n) is 1.87. The van der Waals surface area contributed by atoms with E-state index in [2.05, 4.69) is 14.9 Å². The monoisotopic (exact) mass is 384 g/mol. The Morgan fingerprint density at radius 2 is 2.14 bits per heavy atom. The van der Waals surface area contributed by atoms with Crippen molar-refractivity contribution < 1.29 is 13.2 Å². The molecule has 0 unspecified atom stereocenters. The second-order valence-electron chi connectivity index (χ2n) is 4.32. The lowest BCUT2D eigenvalue weighted by molar-refractivity contribution is 0.354. The van der Waals surface area contributed by atoms with Crippen LogP contribution in [-0.4, -0.2) is 30.3 Å². The predicted molar refractivity (Wildman–Crippen MR) is 85.3 cm³/mol. The van der Waals surface area contributed by atoms with Gasteiger partial charge in [-0.2, -0.15) is 4.72 Å². The van der Waals surface area contributed by atoms with E-state index in [-0.39, 0.29) is 13.6 Å². The molecule has 1 atom stereocenters. The highest BCUT2D eigenvalue weighted by atomic mass is 35.5. The third-order valence-electron chi connectivity index (χ3n) is 2.85. The molecule has 0 aliphatic rings. The van der Waals surface area contributed by atoms with E-state index >= 15 is 0 Å². The largest absolute Gasteiger partial charge is 0.467 e. The first-order valence-electron chi connectivity index (χ1n) is 6.24. The molecule has 0 aromatic carbocycles. The maximum absolute atomic E-state index is 12.4. The molecular formula is C11H14Cl2N4O3S2. The number of hydrogen-bond acceptors (Lipinski definition) is 6. The normalized spacial score (nSPS) is 13.3. The van der Waals surface area contributed by atoms with Crippen LogP contribution in [0.15, 0.2) is 10.3 Å². The van der Waals surface area contributed by atoms with Crippen LogP contribution in [0.2, 0.25) is 9.36 Å². The van der Waals surface area contributed by atoms with Crippen molar-refractivity contribution in [1.82, 2.24) is 19.5 Å². The highest BCUT2D eigenvalue weighted by Gasteiger charge is 2.25. The van der Waals surface area contributed by atoms with E-state index in [0.29, 0.717) is 18.4 Å². The van der Waals surface area contributed by atoms with E-state index in [1.54, 1.807) is 11.5 Å². The molecule has 22 heavy (non-hydrogen) atoms. The number of nitrogens with one attached hydrogen (secondary N) is 1. The lowest BCUT2D eigenvalue weighted by Gasteiger charge is -2.14. The van der Waals surface area contributed by atoms with Crippen LogP contribution in [-0.2, 0) is 16.6 Å². The second-order valence-corrected chi connectivity index (χ2v) is 8.32. The Kier molecular flexibility index (Phi) is 5.33. The summed E-state index contributed by atoms with van der Waals surface area (Å²) in [6, 6.07) is 1.04. The zero-order valence-corrected chi connectivity index (χ0v) is 15.1. The lowest BCUT2D eigenvalue weighted by Crippen LogP contribution is -2.28. The van der Waals surface area contributed by atoms with Gasteiger partial charge in [0.25, 0.3) is 10.0 Å². The maximum Gasteiger partial charge on any atom is 0.316 e. The topological polar surface area (TPSA) is 86.1 Å². The molecule has 7 nitrogen and oxygen atoms in total.